The van der Waals surface area contributed by atoms with E-state index in [1.165, 1.54) is 0 Å². The minimum absolute atomic E-state index is 0.467. The third kappa shape index (κ3) is 2.24. The third-order valence-corrected chi connectivity index (χ3v) is 3.35. The summed E-state index contributed by atoms with van der Waals surface area (Å²) >= 11 is 6.03. The Bertz CT molecular complexity index is 396. The minimum Gasteiger partial charge on any atom is -0.384 e. The van der Waals surface area contributed by atoms with Gasteiger partial charge in [0.1, 0.15) is 6.10 Å². The molecule has 1 aliphatic carbocycles. The van der Waals surface area contributed by atoms with Crippen LogP contribution in [0.5, 0.6) is 0 Å². The van der Waals surface area contributed by atoms with Crippen molar-refractivity contribution in [3.05, 3.63) is 46.0 Å². The Hall–Kier alpha value is -0.790. The molecule has 1 aliphatic rings. The van der Waals surface area contributed by atoms with Gasteiger partial charge in [-0.2, -0.15) is 0 Å². The maximum atomic E-state index is 10.1. The molecular formula is C13H15ClO. The van der Waals surface area contributed by atoms with E-state index < -0.39 is 6.10 Å². The maximum absolute atomic E-state index is 10.1. The predicted molar refractivity (Wildman–Crippen MR) is 63.1 cm³/mol. The average Bonchev–Trinajstić information content (AvgIpc) is 2.74. The fourth-order valence-electron chi connectivity index (χ4n) is 1.94. The molecule has 0 fully saturated rings. The molecule has 1 unspecified atom stereocenters. The van der Waals surface area contributed by atoms with Crippen molar-refractivity contribution in [2.75, 3.05) is 0 Å². The van der Waals surface area contributed by atoms with E-state index in [4.69, 9.17) is 11.6 Å². The van der Waals surface area contributed by atoms with Crippen LogP contribution in [-0.2, 0) is 0 Å². The monoisotopic (exact) mass is 222 g/mol. The van der Waals surface area contributed by atoms with Gasteiger partial charge in [-0.3, -0.25) is 0 Å². The van der Waals surface area contributed by atoms with Gasteiger partial charge in [0.2, 0.25) is 0 Å². The van der Waals surface area contributed by atoms with Gasteiger partial charge in [-0.15, -0.1) is 0 Å². The number of aliphatic hydroxyl groups is 1. The van der Waals surface area contributed by atoms with Crippen LogP contribution in [0.2, 0.25) is 5.02 Å². The van der Waals surface area contributed by atoms with Crippen molar-refractivity contribution in [2.45, 2.75) is 32.3 Å². The molecule has 0 aliphatic heterocycles. The summed E-state index contributed by atoms with van der Waals surface area (Å²) in [6.07, 6.45) is 4.92. The third-order valence-electron chi connectivity index (χ3n) is 2.94. The molecule has 0 saturated carbocycles. The Kier molecular flexibility index (Phi) is 3.13. The van der Waals surface area contributed by atoms with Crippen LogP contribution in [0.4, 0.5) is 0 Å². The van der Waals surface area contributed by atoms with Crippen molar-refractivity contribution in [3.8, 4) is 0 Å². The summed E-state index contributed by atoms with van der Waals surface area (Å²) in [5.41, 5.74) is 3.08. The number of hydrogen-bond acceptors (Lipinski definition) is 1. The van der Waals surface area contributed by atoms with Crippen LogP contribution in [0.3, 0.4) is 0 Å². The van der Waals surface area contributed by atoms with Crippen LogP contribution in [0, 0.1) is 6.92 Å². The second kappa shape index (κ2) is 4.38. The van der Waals surface area contributed by atoms with Crippen LogP contribution in [0.15, 0.2) is 29.8 Å². The number of aliphatic hydroxyl groups excluding tert-OH is 1. The second-order valence-corrected chi connectivity index (χ2v) is 4.49. The van der Waals surface area contributed by atoms with Crippen LogP contribution in [-0.4, -0.2) is 5.11 Å². The fourth-order valence-corrected chi connectivity index (χ4v) is 2.13. The minimum atomic E-state index is -0.467. The van der Waals surface area contributed by atoms with Gasteiger partial charge in [0.25, 0.3) is 0 Å². The number of aryl methyl sites for hydroxylation is 1. The molecule has 1 N–H and O–H groups in total. The maximum Gasteiger partial charge on any atom is 0.100 e. The lowest BCUT2D eigenvalue weighted by molar-refractivity contribution is 0.212. The van der Waals surface area contributed by atoms with Crippen molar-refractivity contribution in [1.29, 1.82) is 0 Å². The summed E-state index contributed by atoms with van der Waals surface area (Å²) < 4.78 is 0. The molecular weight excluding hydrogens is 208 g/mol. The highest BCUT2D eigenvalue weighted by molar-refractivity contribution is 6.31. The van der Waals surface area contributed by atoms with Crippen molar-refractivity contribution >= 4 is 11.6 Å². The lowest BCUT2D eigenvalue weighted by atomic mass is 10.0. The number of hydrogen-bond donors (Lipinski definition) is 1. The van der Waals surface area contributed by atoms with E-state index in [-0.39, 0.29) is 0 Å². The average molecular weight is 223 g/mol. The highest BCUT2D eigenvalue weighted by Gasteiger charge is 2.16. The summed E-state index contributed by atoms with van der Waals surface area (Å²) in [5, 5.41) is 10.8. The molecule has 1 aromatic rings. The Morgan fingerprint density at radius 2 is 2.20 bits per heavy atom. The molecule has 1 atom stereocenters. The van der Waals surface area contributed by atoms with Crippen molar-refractivity contribution in [1.82, 2.24) is 0 Å². The summed E-state index contributed by atoms with van der Waals surface area (Å²) in [4.78, 5) is 0. The lowest BCUT2D eigenvalue weighted by Gasteiger charge is -2.13. The molecule has 1 aromatic carbocycles. The highest BCUT2D eigenvalue weighted by Crippen LogP contribution is 2.32. The summed E-state index contributed by atoms with van der Waals surface area (Å²) in [6, 6.07) is 5.77. The van der Waals surface area contributed by atoms with Crippen molar-refractivity contribution in [3.63, 3.8) is 0 Å². The Morgan fingerprint density at radius 3 is 2.80 bits per heavy atom. The molecule has 80 valence electrons. The van der Waals surface area contributed by atoms with Crippen LogP contribution >= 0.6 is 11.6 Å². The highest BCUT2D eigenvalue weighted by atomic mass is 35.5. The standard InChI is InChI=1S/C13H15ClO/c1-9-6-7-11(8-12(9)14)13(15)10-4-2-3-5-10/h4,6-8,13,15H,2-3,5H2,1H3. The normalized spacial score (nSPS) is 17.7. The Morgan fingerprint density at radius 1 is 1.40 bits per heavy atom. The van der Waals surface area contributed by atoms with E-state index in [1.807, 2.05) is 25.1 Å². The number of halogens is 1. The van der Waals surface area contributed by atoms with E-state index >= 15 is 0 Å². The molecule has 0 radical (unpaired) electrons. The van der Waals surface area contributed by atoms with Crippen molar-refractivity contribution < 1.29 is 5.11 Å². The Balaban J connectivity index is 2.25. The SMILES string of the molecule is Cc1ccc(C(O)C2=CCCC2)cc1Cl. The molecule has 2 heteroatoms. The largest absolute Gasteiger partial charge is 0.384 e. The van der Waals surface area contributed by atoms with Gasteiger partial charge >= 0.3 is 0 Å². The number of rotatable bonds is 2. The van der Waals surface area contributed by atoms with Crippen LogP contribution in [0.25, 0.3) is 0 Å². The molecule has 1 nitrogen and oxygen atoms in total. The first-order valence-electron chi connectivity index (χ1n) is 5.31. The zero-order valence-corrected chi connectivity index (χ0v) is 9.59. The van der Waals surface area contributed by atoms with Gasteiger partial charge < -0.3 is 5.11 Å². The second-order valence-electron chi connectivity index (χ2n) is 4.08. The van der Waals surface area contributed by atoms with Gasteiger partial charge in [-0.05, 0) is 49.0 Å². The van der Waals surface area contributed by atoms with E-state index in [0.717, 1.165) is 41.0 Å². The molecule has 15 heavy (non-hydrogen) atoms. The first-order chi connectivity index (χ1) is 7.18. The van der Waals surface area contributed by atoms with Gasteiger partial charge in [0.05, 0.1) is 0 Å². The van der Waals surface area contributed by atoms with E-state index in [1.54, 1.807) is 0 Å². The molecule has 0 aromatic heterocycles. The van der Waals surface area contributed by atoms with Gasteiger partial charge in [-0.1, -0.05) is 29.8 Å². The van der Waals surface area contributed by atoms with Gasteiger partial charge in [0.15, 0.2) is 0 Å². The number of benzene rings is 1. The molecule has 0 amide bonds. The molecule has 0 heterocycles. The van der Waals surface area contributed by atoms with Gasteiger partial charge in [0, 0.05) is 5.02 Å². The predicted octanol–water partition coefficient (Wildman–Crippen LogP) is 3.79. The summed E-state index contributed by atoms with van der Waals surface area (Å²) in [6.45, 7) is 1.97. The lowest BCUT2D eigenvalue weighted by Crippen LogP contribution is -1.99. The first-order valence-corrected chi connectivity index (χ1v) is 5.69. The van der Waals surface area contributed by atoms with Gasteiger partial charge in [-0.25, -0.2) is 0 Å². The van der Waals surface area contributed by atoms with Crippen LogP contribution in [0.1, 0.15) is 36.5 Å². The molecule has 0 saturated heterocycles. The van der Waals surface area contributed by atoms with E-state index in [2.05, 4.69) is 6.08 Å². The van der Waals surface area contributed by atoms with Crippen molar-refractivity contribution in [2.24, 2.45) is 0 Å². The fraction of sp³-hybridized carbons (Fsp3) is 0.385. The quantitative estimate of drug-likeness (QED) is 0.755. The smallest absolute Gasteiger partial charge is 0.100 e. The molecule has 2 rings (SSSR count). The zero-order valence-electron chi connectivity index (χ0n) is 8.83. The first kappa shape index (κ1) is 10.7. The number of allylic oxidation sites excluding steroid dienone is 1. The topological polar surface area (TPSA) is 20.2 Å². The zero-order chi connectivity index (χ0) is 10.8. The van der Waals surface area contributed by atoms with Crippen LogP contribution < -0.4 is 0 Å². The van der Waals surface area contributed by atoms with E-state index in [9.17, 15) is 5.11 Å². The summed E-state index contributed by atoms with van der Waals surface area (Å²) in [7, 11) is 0. The molecule has 0 spiro atoms. The molecule has 0 bridgehead atoms. The summed E-state index contributed by atoms with van der Waals surface area (Å²) in [5.74, 6) is 0. The Labute approximate surface area is 95.4 Å². The van der Waals surface area contributed by atoms with E-state index in [0.29, 0.717) is 0 Å².